The molecule has 0 bridgehead atoms. The van der Waals surface area contributed by atoms with Gasteiger partial charge in [-0.2, -0.15) is 0 Å². The van der Waals surface area contributed by atoms with Crippen LogP contribution >= 0.6 is 0 Å². The van der Waals surface area contributed by atoms with Crippen LogP contribution < -0.4 is 5.32 Å². The van der Waals surface area contributed by atoms with E-state index >= 15 is 0 Å². The molecule has 1 aromatic carbocycles. The fourth-order valence-corrected chi connectivity index (χ4v) is 1.62. The molecule has 0 fully saturated rings. The van der Waals surface area contributed by atoms with E-state index in [1.54, 1.807) is 0 Å². The minimum Gasteiger partial charge on any atom is -0.465 e. The molecule has 0 aromatic heterocycles. The zero-order valence-corrected chi connectivity index (χ0v) is 11.6. The summed E-state index contributed by atoms with van der Waals surface area (Å²) in [5, 5.41) is 13.8. The van der Waals surface area contributed by atoms with Gasteiger partial charge in [-0.3, -0.25) is 10.1 Å². The van der Waals surface area contributed by atoms with Gasteiger partial charge < -0.3 is 10.1 Å². The summed E-state index contributed by atoms with van der Waals surface area (Å²) in [6, 6.07) is 1.84. The SMILES string of the molecule is COC(=O)c1cc(NCCC(C)C)c([N+](=O)[O-])cc1F. The monoisotopic (exact) mass is 284 g/mol. The van der Waals surface area contributed by atoms with Crippen molar-refractivity contribution >= 4 is 17.3 Å². The molecule has 0 aliphatic carbocycles. The van der Waals surface area contributed by atoms with E-state index < -0.39 is 22.4 Å². The van der Waals surface area contributed by atoms with Crippen LogP contribution in [0, 0.1) is 21.8 Å². The van der Waals surface area contributed by atoms with Gasteiger partial charge in [0.15, 0.2) is 0 Å². The molecule has 0 unspecified atom stereocenters. The van der Waals surface area contributed by atoms with Gasteiger partial charge in [0, 0.05) is 6.54 Å². The Hall–Kier alpha value is -2.18. The fourth-order valence-electron chi connectivity index (χ4n) is 1.62. The second-order valence-electron chi connectivity index (χ2n) is 4.71. The van der Waals surface area contributed by atoms with Crippen LogP contribution in [0.1, 0.15) is 30.6 Å². The third-order valence-corrected chi connectivity index (χ3v) is 2.72. The average molecular weight is 284 g/mol. The number of carbonyl (C=O) groups is 1. The quantitative estimate of drug-likeness (QED) is 0.493. The van der Waals surface area contributed by atoms with Crippen molar-refractivity contribution in [2.45, 2.75) is 20.3 Å². The molecule has 0 aliphatic heterocycles. The number of hydrogen-bond donors (Lipinski definition) is 1. The molecule has 0 heterocycles. The highest BCUT2D eigenvalue weighted by Gasteiger charge is 2.22. The second kappa shape index (κ2) is 6.83. The molecule has 20 heavy (non-hydrogen) atoms. The first-order valence-corrected chi connectivity index (χ1v) is 6.17. The van der Waals surface area contributed by atoms with E-state index in [1.165, 1.54) is 0 Å². The first-order valence-electron chi connectivity index (χ1n) is 6.17. The van der Waals surface area contributed by atoms with Gasteiger partial charge >= 0.3 is 5.97 Å². The number of halogens is 1. The molecule has 0 aliphatic rings. The van der Waals surface area contributed by atoms with Crippen LogP contribution in [0.5, 0.6) is 0 Å². The van der Waals surface area contributed by atoms with Gasteiger partial charge in [0.2, 0.25) is 0 Å². The smallest absolute Gasteiger partial charge is 0.340 e. The maximum atomic E-state index is 13.6. The highest BCUT2D eigenvalue weighted by Crippen LogP contribution is 2.28. The highest BCUT2D eigenvalue weighted by molar-refractivity contribution is 5.91. The van der Waals surface area contributed by atoms with Crippen LogP contribution in [0.2, 0.25) is 0 Å². The van der Waals surface area contributed by atoms with Crippen LogP contribution in [-0.4, -0.2) is 24.5 Å². The maximum Gasteiger partial charge on any atom is 0.340 e. The Morgan fingerprint density at radius 1 is 1.50 bits per heavy atom. The standard InChI is InChI=1S/C13H17FN2O4/c1-8(2)4-5-15-11-6-9(13(17)20-3)10(14)7-12(11)16(18)19/h6-8,15H,4-5H2,1-3H3. The van der Waals surface area contributed by atoms with Gasteiger partial charge in [0.1, 0.15) is 11.5 Å². The molecule has 0 radical (unpaired) electrons. The number of nitro groups is 1. The van der Waals surface area contributed by atoms with E-state index in [4.69, 9.17) is 0 Å². The highest BCUT2D eigenvalue weighted by atomic mass is 19.1. The van der Waals surface area contributed by atoms with Gasteiger partial charge in [-0.25, -0.2) is 9.18 Å². The lowest BCUT2D eigenvalue weighted by Crippen LogP contribution is -2.10. The normalized spacial score (nSPS) is 10.4. The summed E-state index contributed by atoms with van der Waals surface area (Å²) < 4.78 is 18.1. The van der Waals surface area contributed by atoms with Gasteiger partial charge in [-0.15, -0.1) is 0 Å². The number of benzene rings is 1. The Morgan fingerprint density at radius 2 is 2.15 bits per heavy atom. The summed E-state index contributed by atoms with van der Waals surface area (Å²) in [5.41, 5.74) is -0.624. The summed E-state index contributed by atoms with van der Waals surface area (Å²) in [4.78, 5) is 21.6. The van der Waals surface area contributed by atoms with E-state index in [0.717, 1.165) is 25.7 Å². The molecule has 0 amide bonds. The van der Waals surface area contributed by atoms with Crippen molar-refractivity contribution in [1.82, 2.24) is 0 Å². The number of nitrogens with zero attached hydrogens (tertiary/aromatic N) is 1. The fraction of sp³-hybridized carbons (Fsp3) is 0.462. The van der Waals surface area contributed by atoms with Gasteiger partial charge in [-0.05, 0) is 18.4 Å². The van der Waals surface area contributed by atoms with Crippen LogP contribution in [-0.2, 0) is 4.74 Å². The summed E-state index contributed by atoms with van der Waals surface area (Å²) in [6.45, 7) is 4.52. The summed E-state index contributed by atoms with van der Waals surface area (Å²) in [7, 11) is 1.12. The molecule has 0 saturated carbocycles. The van der Waals surface area contributed by atoms with E-state index in [1.807, 2.05) is 13.8 Å². The number of carbonyl (C=O) groups excluding carboxylic acids is 1. The predicted molar refractivity (Wildman–Crippen MR) is 72.3 cm³/mol. The topological polar surface area (TPSA) is 81.5 Å². The second-order valence-corrected chi connectivity index (χ2v) is 4.71. The van der Waals surface area contributed by atoms with Crippen molar-refractivity contribution in [2.24, 2.45) is 5.92 Å². The third-order valence-electron chi connectivity index (χ3n) is 2.72. The van der Waals surface area contributed by atoms with Crippen molar-refractivity contribution in [3.63, 3.8) is 0 Å². The van der Waals surface area contributed by atoms with E-state index in [9.17, 15) is 19.3 Å². The molecule has 0 atom stereocenters. The van der Waals surface area contributed by atoms with Crippen molar-refractivity contribution in [2.75, 3.05) is 19.0 Å². The molecule has 6 nitrogen and oxygen atoms in total. The Bertz CT molecular complexity index is 517. The lowest BCUT2D eigenvalue weighted by atomic mass is 10.1. The van der Waals surface area contributed by atoms with Crippen molar-refractivity contribution in [3.8, 4) is 0 Å². The van der Waals surface area contributed by atoms with Crippen molar-refractivity contribution in [1.29, 1.82) is 0 Å². The average Bonchev–Trinajstić information content (AvgIpc) is 2.38. The van der Waals surface area contributed by atoms with Crippen molar-refractivity contribution < 1.29 is 18.8 Å². The minimum absolute atomic E-state index is 0.109. The number of nitro benzene ring substituents is 1. The maximum absolute atomic E-state index is 13.6. The molecular weight excluding hydrogens is 267 g/mol. The Balaban J connectivity index is 3.10. The number of ether oxygens (including phenoxy) is 1. The predicted octanol–water partition coefficient (Wildman–Crippen LogP) is 2.98. The number of nitrogens with one attached hydrogen (secondary N) is 1. The Labute approximate surface area is 116 Å². The van der Waals surface area contributed by atoms with Gasteiger partial charge in [0.25, 0.3) is 5.69 Å². The molecule has 0 saturated heterocycles. The third kappa shape index (κ3) is 3.91. The number of anilines is 1. The molecule has 0 spiro atoms. The number of methoxy groups -OCH3 is 1. The lowest BCUT2D eigenvalue weighted by Gasteiger charge is -2.10. The number of hydrogen-bond acceptors (Lipinski definition) is 5. The molecule has 110 valence electrons. The molecule has 1 rings (SSSR count). The van der Waals surface area contributed by atoms with Gasteiger partial charge in [-0.1, -0.05) is 13.8 Å². The van der Waals surface area contributed by atoms with E-state index in [2.05, 4.69) is 10.1 Å². The number of rotatable bonds is 6. The van der Waals surface area contributed by atoms with Crippen LogP contribution in [0.4, 0.5) is 15.8 Å². The summed E-state index contributed by atoms with van der Waals surface area (Å²) in [5.74, 6) is -1.43. The summed E-state index contributed by atoms with van der Waals surface area (Å²) >= 11 is 0. The first-order chi connectivity index (χ1) is 9.36. The van der Waals surface area contributed by atoms with Gasteiger partial charge in [0.05, 0.1) is 23.7 Å². The lowest BCUT2D eigenvalue weighted by molar-refractivity contribution is -0.384. The van der Waals surface area contributed by atoms with Crippen LogP contribution in [0.25, 0.3) is 0 Å². The van der Waals surface area contributed by atoms with Crippen LogP contribution in [0.15, 0.2) is 12.1 Å². The Morgan fingerprint density at radius 3 is 2.65 bits per heavy atom. The largest absolute Gasteiger partial charge is 0.465 e. The van der Waals surface area contributed by atoms with Crippen molar-refractivity contribution in [3.05, 3.63) is 33.6 Å². The first kappa shape index (κ1) is 15.9. The molecule has 1 aromatic rings. The molecular formula is C13H17FN2O4. The van der Waals surface area contributed by atoms with E-state index in [0.29, 0.717) is 12.5 Å². The zero-order chi connectivity index (χ0) is 15.3. The number of esters is 1. The van der Waals surface area contributed by atoms with E-state index in [-0.39, 0.29) is 11.3 Å². The minimum atomic E-state index is -0.974. The molecule has 1 N–H and O–H groups in total. The van der Waals surface area contributed by atoms with Crippen LogP contribution in [0.3, 0.4) is 0 Å². The zero-order valence-electron chi connectivity index (χ0n) is 11.6. The summed E-state index contributed by atoms with van der Waals surface area (Å²) in [6.07, 6.45) is 0.794. The molecule has 7 heteroatoms. The Kier molecular flexibility index (Phi) is 5.42.